The minimum absolute atomic E-state index is 0.143. The number of hydrogen-bond acceptors (Lipinski definition) is 5. The van der Waals surface area contributed by atoms with Crippen molar-refractivity contribution in [1.29, 1.82) is 0 Å². The van der Waals surface area contributed by atoms with Crippen LogP contribution in [0.5, 0.6) is 5.75 Å². The molecule has 0 spiro atoms. The maximum atomic E-state index is 5.89. The van der Waals surface area contributed by atoms with Gasteiger partial charge in [-0.25, -0.2) is 9.97 Å². The van der Waals surface area contributed by atoms with Crippen molar-refractivity contribution in [3.63, 3.8) is 0 Å². The second-order valence-electron chi connectivity index (χ2n) is 6.14. The van der Waals surface area contributed by atoms with Crippen molar-refractivity contribution in [3.8, 4) is 5.75 Å². The summed E-state index contributed by atoms with van der Waals surface area (Å²) in [5.41, 5.74) is 0. The maximum Gasteiger partial charge on any atom is 0.156 e. The first-order chi connectivity index (χ1) is 10.0. The van der Waals surface area contributed by atoms with E-state index in [0.29, 0.717) is 6.10 Å². The molecule has 1 N–H and O–H groups in total. The van der Waals surface area contributed by atoms with E-state index < -0.39 is 0 Å². The molecule has 5 nitrogen and oxygen atoms in total. The average Bonchev–Trinajstić information content (AvgIpc) is 2.64. The van der Waals surface area contributed by atoms with Crippen LogP contribution in [0.4, 0.5) is 0 Å². The fourth-order valence-electron chi connectivity index (χ4n) is 2.59. The van der Waals surface area contributed by atoms with Gasteiger partial charge in [-0.1, -0.05) is 0 Å². The molecule has 1 aliphatic rings. The summed E-state index contributed by atoms with van der Waals surface area (Å²) in [7, 11) is 0. The lowest BCUT2D eigenvalue weighted by Crippen LogP contribution is -2.31. The molecule has 5 heteroatoms. The van der Waals surface area contributed by atoms with Crippen LogP contribution in [0.2, 0.25) is 0 Å². The van der Waals surface area contributed by atoms with Crippen molar-refractivity contribution in [1.82, 2.24) is 15.3 Å². The first kappa shape index (κ1) is 16.2. The summed E-state index contributed by atoms with van der Waals surface area (Å²) in [6, 6.07) is 0.207. The van der Waals surface area contributed by atoms with Crippen LogP contribution in [0.15, 0.2) is 12.4 Å². The summed E-state index contributed by atoms with van der Waals surface area (Å²) in [5, 5.41) is 3.52. The molecule has 2 unspecified atom stereocenters. The van der Waals surface area contributed by atoms with Gasteiger partial charge in [0.15, 0.2) is 5.75 Å². The Bertz CT molecular complexity index is 420. The summed E-state index contributed by atoms with van der Waals surface area (Å²) in [6.45, 7) is 9.01. The highest BCUT2D eigenvalue weighted by molar-refractivity contribution is 5.14. The first-order valence-electron chi connectivity index (χ1n) is 7.92. The lowest BCUT2D eigenvalue weighted by atomic mass is 10.1. The smallest absolute Gasteiger partial charge is 0.156 e. The average molecular weight is 293 g/mol. The summed E-state index contributed by atoms with van der Waals surface area (Å²) in [4.78, 5) is 8.89. The predicted molar refractivity (Wildman–Crippen MR) is 82.4 cm³/mol. The van der Waals surface area contributed by atoms with Crippen LogP contribution in [0.3, 0.4) is 0 Å². The normalized spacial score (nSPS) is 23.3. The van der Waals surface area contributed by atoms with Gasteiger partial charge in [0.25, 0.3) is 0 Å². The second-order valence-corrected chi connectivity index (χ2v) is 6.14. The molecule has 1 aromatic heterocycles. The molecule has 0 radical (unpaired) electrons. The number of rotatable bonds is 5. The van der Waals surface area contributed by atoms with Crippen LogP contribution in [0.1, 0.15) is 58.8 Å². The van der Waals surface area contributed by atoms with E-state index >= 15 is 0 Å². The highest BCUT2D eigenvalue weighted by Gasteiger charge is 2.22. The zero-order valence-electron chi connectivity index (χ0n) is 13.5. The van der Waals surface area contributed by atoms with Crippen LogP contribution in [0.25, 0.3) is 0 Å². The van der Waals surface area contributed by atoms with Crippen molar-refractivity contribution in [3.05, 3.63) is 18.2 Å². The predicted octanol–water partition coefficient (Wildman–Crippen LogP) is 2.87. The van der Waals surface area contributed by atoms with Gasteiger partial charge in [0, 0.05) is 6.54 Å². The van der Waals surface area contributed by atoms with E-state index in [4.69, 9.17) is 9.47 Å². The van der Waals surface area contributed by atoms with Crippen molar-refractivity contribution in [2.75, 3.05) is 6.54 Å². The van der Waals surface area contributed by atoms with Gasteiger partial charge in [-0.3, -0.25) is 0 Å². The topological polar surface area (TPSA) is 56.3 Å². The summed E-state index contributed by atoms with van der Waals surface area (Å²) >= 11 is 0. The summed E-state index contributed by atoms with van der Waals surface area (Å²) in [5.74, 6) is 1.57. The Morgan fingerprint density at radius 3 is 2.43 bits per heavy atom. The standard InChI is InChI=1S/C16H27N3O2/c1-11(2)20-13-6-5-7-15(17-8-13)16-18-9-14(10-19-16)21-12(3)4/h9-13,15,17H,5-8H2,1-4H3. The van der Waals surface area contributed by atoms with Gasteiger partial charge < -0.3 is 14.8 Å². The lowest BCUT2D eigenvalue weighted by Gasteiger charge is -2.19. The quantitative estimate of drug-likeness (QED) is 0.904. The van der Waals surface area contributed by atoms with E-state index in [1.54, 1.807) is 12.4 Å². The molecule has 0 saturated carbocycles. The Labute approximate surface area is 127 Å². The Morgan fingerprint density at radius 1 is 1.10 bits per heavy atom. The Hall–Kier alpha value is -1.20. The molecule has 2 rings (SSSR count). The molecule has 2 atom stereocenters. The van der Waals surface area contributed by atoms with E-state index in [2.05, 4.69) is 29.1 Å². The monoisotopic (exact) mass is 293 g/mol. The number of hydrogen-bond donors (Lipinski definition) is 1. The number of nitrogens with zero attached hydrogens (tertiary/aromatic N) is 2. The molecular weight excluding hydrogens is 266 g/mol. The van der Waals surface area contributed by atoms with E-state index in [-0.39, 0.29) is 18.2 Å². The van der Waals surface area contributed by atoms with Crippen molar-refractivity contribution in [2.24, 2.45) is 0 Å². The first-order valence-corrected chi connectivity index (χ1v) is 7.92. The Balaban J connectivity index is 1.92. The largest absolute Gasteiger partial charge is 0.488 e. The van der Waals surface area contributed by atoms with E-state index in [1.165, 1.54) is 0 Å². The van der Waals surface area contributed by atoms with Gasteiger partial charge in [0.1, 0.15) is 5.82 Å². The molecule has 1 fully saturated rings. The maximum absolute atomic E-state index is 5.89. The van der Waals surface area contributed by atoms with E-state index in [9.17, 15) is 0 Å². The fourth-order valence-corrected chi connectivity index (χ4v) is 2.59. The van der Waals surface area contributed by atoms with Crippen LogP contribution < -0.4 is 10.1 Å². The van der Waals surface area contributed by atoms with Crippen LogP contribution in [-0.4, -0.2) is 34.8 Å². The summed E-state index contributed by atoms with van der Waals surface area (Å²) < 4.78 is 11.5. The minimum Gasteiger partial charge on any atom is -0.488 e. The Kier molecular flexibility index (Phi) is 5.94. The van der Waals surface area contributed by atoms with Gasteiger partial charge in [0.05, 0.1) is 36.7 Å². The molecule has 21 heavy (non-hydrogen) atoms. The van der Waals surface area contributed by atoms with Crippen molar-refractivity contribution in [2.45, 2.75) is 71.3 Å². The third-order valence-electron chi connectivity index (χ3n) is 3.41. The SMILES string of the molecule is CC(C)Oc1cnc(C2CCCC(OC(C)C)CN2)nc1. The number of ether oxygens (including phenoxy) is 2. The van der Waals surface area contributed by atoms with Gasteiger partial charge in [0.2, 0.25) is 0 Å². The van der Waals surface area contributed by atoms with Crippen LogP contribution in [0, 0.1) is 0 Å². The third kappa shape index (κ3) is 5.25. The minimum atomic E-state index is 0.143. The second kappa shape index (κ2) is 7.71. The number of aromatic nitrogens is 2. The van der Waals surface area contributed by atoms with Gasteiger partial charge in [-0.2, -0.15) is 0 Å². The fraction of sp³-hybridized carbons (Fsp3) is 0.750. The number of nitrogens with one attached hydrogen (secondary N) is 1. The van der Waals surface area contributed by atoms with E-state index in [1.807, 2.05) is 13.8 Å². The molecule has 0 aromatic carbocycles. The van der Waals surface area contributed by atoms with Crippen molar-refractivity contribution >= 4 is 0 Å². The highest BCUT2D eigenvalue weighted by atomic mass is 16.5. The molecule has 0 bridgehead atoms. The van der Waals surface area contributed by atoms with Gasteiger partial charge in [-0.15, -0.1) is 0 Å². The summed E-state index contributed by atoms with van der Waals surface area (Å²) in [6.07, 6.45) is 7.50. The molecule has 0 aliphatic carbocycles. The molecule has 2 heterocycles. The third-order valence-corrected chi connectivity index (χ3v) is 3.41. The highest BCUT2D eigenvalue weighted by Crippen LogP contribution is 2.22. The van der Waals surface area contributed by atoms with Crippen molar-refractivity contribution < 1.29 is 9.47 Å². The zero-order chi connectivity index (χ0) is 15.2. The molecule has 118 valence electrons. The molecule has 0 amide bonds. The zero-order valence-corrected chi connectivity index (χ0v) is 13.5. The molecular formula is C16H27N3O2. The van der Waals surface area contributed by atoms with Crippen LogP contribution in [-0.2, 0) is 4.74 Å². The van der Waals surface area contributed by atoms with E-state index in [0.717, 1.165) is 37.4 Å². The lowest BCUT2D eigenvalue weighted by molar-refractivity contribution is 0.00612. The van der Waals surface area contributed by atoms with Gasteiger partial charge in [-0.05, 0) is 47.0 Å². The molecule has 1 saturated heterocycles. The Morgan fingerprint density at radius 2 is 1.81 bits per heavy atom. The molecule has 1 aliphatic heterocycles. The van der Waals surface area contributed by atoms with Gasteiger partial charge >= 0.3 is 0 Å². The molecule has 1 aromatic rings. The van der Waals surface area contributed by atoms with Crippen LogP contribution >= 0.6 is 0 Å².